The van der Waals surface area contributed by atoms with Gasteiger partial charge in [-0.3, -0.25) is 4.57 Å². The van der Waals surface area contributed by atoms with E-state index in [2.05, 4.69) is 0 Å². The van der Waals surface area contributed by atoms with E-state index in [1.807, 2.05) is 0 Å². The second kappa shape index (κ2) is 22.4. The van der Waals surface area contributed by atoms with Crippen molar-refractivity contribution in [2.45, 2.75) is 0 Å². The van der Waals surface area contributed by atoms with Gasteiger partial charge in [0.25, 0.3) is 0 Å². The molecule has 0 saturated heterocycles. The van der Waals surface area contributed by atoms with Crippen molar-refractivity contribution < 1.29 is 23.1 Å². The largest absolute Gasteiger partial charge is 0.279 e. The van der Waals surface area contributed by atoms with E-state index in [1.165, 1.54) is 0 Å². The number of hydrogen-bond donors (Lipinski definition) is 0. The minimum atomic E-state index is 0. The van der Waals surface area contributed by atoms with Crippen LogP contribution in [0.25, 0.3) is 0 Å². The molecule has 0 fully saturated rings. The molecule has 4 heteroatoms. The maximum Gasteiger partial charge on any atom is 0.138 e. The second-order valence-electron chi connectivity index (χ2n) is 0. The third-order valence-corrected chi connectivity index (χ3v) is 0. The molecule has 0 aromatic heterocycles. The van der Waals surface area contributed by atoms with E-state index in [-0.39, 0.29) is 48.1 Å². The molecule has 0 N–H and O–H groups in total. The van der Waals surface area contributed by atoms with E-state index in [9.17, 15) is 0 Å². The molecule has 4 heavy (non-hydrogen) atoms. The number of hydrogen-bond acceptors (Lipinski definition) is 1. The average Bonchev–Trinajstić information content (AvgIpc) is 1.00. The number of rotatable bonds is 0. The summed E-state index contributed by atoms with van der Waals surface area (Å²) >= 11 is 0. The fourth-order valence-corrected chi connectivity index (χ4v) is 0. The molecule has 0 rings (SSSR count). The molecular formula is HNaOPV. The summed E-state index contributed by atoms with van der Waals surface area (Å²) in [5, 5.41) is 0. The van der Waals surface area contributed by atoms with Crippen LogP contribution in [-0.2, 0) is 23.1 Å². The van der Waals surface area contributed by atoms with Gasteiger partial charge in [0, 0.05) is 48.1 Å². The first-order chi connectivity index (χ1) is 1.00. The first kappa shape index (κ1) is 17.3. The zero-order chi connectivity index (χ0) is 2.00. The van der Waals surface area contributed by atoms with E-state index < -0.39 is 0 Å². The predicted octanol–water partition coefficient (Wildman–Crippen LogP) is 0.0914. The van der Waals surface area contributed by atoms with Crippen molar-refractivity contribution in [3.8, 4) is 0 Å². The molecule has 0 saturated carbocycles. The van der Waals surface area contributed by atoms with E-state index in [0.29, 0.717) is 0 Å². The van der Waals surface area contributed by atoms with Gasteiger partial charge in [-0.2, -0.15) is 0 Å². The van der Waals surface area contributed by atoms with Gasteiger partial charge in [-0.05, 0) is 0 Å². The molecule has 0 bridgehead atoms. The Hall–Kier alpha value is 1.68. The van der Waals surface area contributed by atoms with Gasteiger partial charge in [-0.25, -0.2) is 0 Å². The maximum absolute atomic E-state index is 8.06. The fourth-order valence-electron chi connectivity index (χ4n) is 0. The summed E-state index contributed by atoms with van der Waals surface area (Å²) < 4.78 is 8.06. The quantitative estimate of drug-likeness (QED) is 0.328. The maximum atomic E-state index is 8.06. The Morgan fingerprint density at radius 3 is 1.25 bits per heavy atom. The molecule has 2 radical (unpaired) electrons. The monoisotopic (exact) mass is 122 g/mol. The molecule has 0 amide bonds. The topological polar surface area (TPSA) is 17.1 Å². The van der Waals surface area contributed by atoms with Crippen LogP contribution in [0, 0.1) is 0 Å². The summed E-state index contributed by atoms with van der Waals surface area (Å²) in [6.45, 7) is 0. The summed E-state index contributed by atoms with van der Waals surface area (Å²) in [6, 6.07) is 0. The van der Waals surface area contributed by atoms with Crippen LogP contribution in [0.15, 0.2) is 0 Å². The zero-order valence-corrected chi connectivity index (χ0v) is 6.75. The predicted molar refractivity (Wildman–Crippen MR) is 14.8 cm³/mol. The normalized spacial score (nSPS) is 1.00. The molecule has 0 aliphatic heterocycles. The van der Waals surface area contributed by atoms with Crippen LogP contribution in [-0.4, -0.2) is 29.6 Å². The molecular weight excluding hydrogens is 121 g/mol. The summed E-state index contributed by atoms with van der Waals surface area (Å²) in [7, 11) is 1.72. The smallest absolute Gasteiger partial charge is 0.138 e. The Morgan fingerprint density at radius 1 is 1.25 bits per heavy atom. The van der Waals surface area contributed by atoms with Gasteiger partial charge >= 0.3 is 0 Å². The molecule has 18 valence electrons. The Kier molecular flexibility index (Phi) is 97.0. The van der Waals surface area contributed by atoms with Crippen LogP contribution in [0.3, 0.4) is 0 Å². The third-order valence-electron chi connectivity index (χ3n) is 0. The van der Waals surface area contributed by atoms with Crippen LogP contribution in [0.5, 0.6) is 0 Å². The van der Waals surface area contributed by atoms with Crippen LogP contribution in [0.2, 0.25) is 0 Å². The Balaban J connectivity index is -0.00000000500. The molecule has 0 unspecified atom stereocenters. The van der Waals surface area contributed by atoms with Crippen molar-refractivity contribution in [1.82, 2.24) is 0 Å². The van der Waals surface area contributed by atoms with E-state index >= 15 is 0 Å². The standard InChI is InChI=1S/Na.HOP.V/c;1-2;/h;2H;. The van der Waals surface area contributed by atoms with Gasteiger partial charge in [-0.15, -0.1) is 0 Å². The first-order valence-corrected chi connectivity index (χ1v) is 0.612. The SMILES string of the molecule is O=P.[Na].[V]. The Labute approximate surface area is 61.3 Å². The van der Waals surface area contributed by atoms with Crippen LogP contribution in [0.1, 0.15) is 0 Å². The minimum Gasteiger partial charge on any atom is -0.279 e. The summed E-state index contributed by atoms with van der Waals surface area (Å²) in [4.78, 5) is 0. The first-order valence-electron chi connectivity index (χ1n) is 0.204. The van der Waals surface area contributed by atoms with E-state index in [4.69, 9.17) is 4.57 Å². The van der Waals surface area contributed by atoms with Gasteiger partial charge < -0.3 is 0 Å². The van der Waals surface area contributed by atoms with Gasteiger partial charge in [0.05, 0.1) is 0 Å². The van der Waals surface area contributed by atoms with Gasteiger partial charge in [0.15, 0.2) is 0 Å². The van der Waals surface area contributed by atoms with Crippen molar-refractivity contribution in [3.05, 3.63) is 0 Å². The molecule has 0 atom stereocenters. The average molecular weight is 122 g/mol. The Morgan fingerprint density at radius 2 is 1.25 bits per heavy atom. The molecule has 1 nitrogen and oxygen atoms in total. The zero-order valence-electron chi connectivity index (χ0n) is 2.36. The minimum absolute atomic E-state index is 0. The third kappa shape index (κ3) is 9.36. The Bertz CT molecular complexity index is 8.00. The second-order valence-corrected chi connectivity index (χ2v) is 0. The van der Waals surface area contributed by atoms with Crippen molar-refractivity contribution >= 4 is 38.7 Å². The summed E-state index contributed by atoms with van der Waals surface area (Å²) in [5.74, 6) is 0. The van der Waals surface area contributed by atoms with Crippen molar-refractivity contribution in [3.63, 3.8) is 0 Å². The molecule has 0 aliphatic rings. The fraction of sp³-hybridized carbons (Fsp3) is 0. The van der Waals surface area contributed by atoms with Gasteiger partial charge in [0.2, 0.25) is 0 Å². The molecule has 0 aromatic carbocycles. The van der Waals surface area contributed by atoms with E-state index in [0.717, 1.165) is 0 Å². The van der Waals surface area contributed by atoms with Crippen LogP contribution < -0.4 is 0 Å². The van der Waals surface area contributed by atoms with Crippen molar-refractivity contribution in [2.24, 2.45) is 0 Å². The summed E-state index contributed by atoms with van der Waals surface area (Å²) in [5.41, 5.74) is 0. The molecule has 0 heterocycles. The molecule has 0 aromatic rings. The van der Waals surface area contributed by atoms with E-state index in [1.54, 1.807) is 9.12 Å². The van der Waals surface area contributed by atoms with Crippen LogP contribution in [0.4, 0.5) is 0 Å². The summed E-state index contributed by atoms with van der Waals surface area (Å²) in [6.07, 6.45) is 0. The molecule has 0 spiro atoms. The molecule has 0 aliphatic carbocycles. The van der Waals surface area contributed by atoms with Crippen molar-refractivity contribution in [1.29, 1.82) is 0 Å². The van der Waals surface area contributed by atoms with Gasteiger partial charge in [0.1, 0.15) is 9.12 Å². The van der Waals surface area contributed by atoms with Gasteiger partial charge in [-0.1, -0.05) is 0 Å². The van der Waals surface area contributed by atoms with Crippen LogP contribution >= 0.6 is 9.12 Å². The van der Waals surface area contributed by atoms with Crippen molar-refractivity contribution in [2.75, 3.05) is 0 Å².